The Labute approximate surface area is 144 Å². The number of carbonyl (C=O) groups excluding carboxylic acids is 2. The van der Waals surface area contributed by atoms with E-state index in [1.807, 2.05) is 0 Å². The van der Waals surface area contributed by atoms with E-state index in [4.69, 9.17) is 9.15 Å². The normalized spacial score (nSPS) is 10.7. The van der Waals surface area contributed by atoms with Gasteiger partial charge in [-0.3, -0.25) is 9.59 Å². The van der Waals surface area contributed by atoms with Gasteiger partial charge in [-0.15, -0.1) is 0 Å². The number of phenols is 1. The molecule has 7 nitrogen and oxygen atoms in total. The topological polar surface area (TPSA) is 97.1 Å². The number of hydrogen-bond donors (Lipinski definition) is 1. The van der Waals surface area contributed by atoms with Crippen molar-refractivity contribution in [1.29, 1.82) is 0 Å². The van der Waals surface area contributed by atoms with E-state index >= 15 is 0 Å². The first-order valence-corrected chi connectivity index (χ1v) is 7.95. The van der Waals surface area contributed by atoms with Crippen LogP contribution < -0.4 is 10.5 Å². The molecule has 2 rings (SSSR count). The van der Waals surface area contributed by atoms with Crippen LogP contribution in [-0.4, -0.2) is 30.6 Å². The lowest BCUT2D eigenvalue weighted by atomic mass is 10.0. The van der Waals surface area contributed by atoms with Gasteiger partial charge in [-0.1, -0.05) is 0 Å². The van der Waals surface area contributed by atoms with E-state index in [1.54, 1.807) is 27.0 Å². The fourth-order valence-electron chi connectivity index (χ4n) is 2.60. The van der Waals surface area contributed by atoms with Crippen molar-refractivity contribution < 1.29 is 23.8 Å². The van der Waals surface area contributed by atoms with Crippen LogP contribution in [0.1, 0.15) is 31.4 Å². The van der Waals surface area contributed by atoms with Crippen molar-refractivity contribution in [3.8, 4) is 5.75 Å². The maximum Gasteiger partial charge on any atom is 0.339 e. The lowest BCUT2D eigenvalue weighted by Crippen LogP contribution is -2.23. The molecule has 25 heavy (non-hydrogen) atoms. The average molecular weight is 347 g/mol. The highest BCUT2D eigenvalue weighted by Gasteiger charge is 2.18. The number of anilines is 1. The van der Waals surface area contributed by atoms with E-state index in [2.05, 4.69) is 0 Å². The lowest BCUT2D eigenvalue weighted by molar-refractivity contribution is -0.143. The molecule has 134 valence electrons. The number of nitrogens with zero attached hydrogens (tertiary/aromatic N) is 1. The summed E-state index contributed by atoms with van der Waals surface area (Å²) in [5, 5.41) is 10.7. The summed E-state index contributed by atoms with van der Waals surface area (Å²) in [5.41, 5.74) is 1.01. The second-order valence-corrected chi connectivity index (χ2v) is 5.71. The van der Waals surface area contributed by atoms with E-state index in [9.17, 15) is 19.5 Å². The Hall–Kier alpha value is -2.83. The number of phenolic OH excluding ortho intramolecular Hbond substituents is 1. The number of hydrogen-bond acceptors (Lipinski definition) is 6. The van der Waals surface area contributed by atoms with Crippen LogP contribution in [-0.2, 0) is 20.7 Å². The zero-order chi connectivity index (χ0) is 18.7. The zero-order valence-corrected chi connectivity index (χ0v) is 14.7. The molecular formula is C18H21NO6. The van der Waals surface area contributed by atoms with Crippen molar-refractivity contribution in [1.82, 2.24) is 0 Å². The molecule has 2 aromatic rings. The van der Waals surface area contributed by atoms with Crippen molar-refractivity contribution in [2.45, 2.75) is 33.6 Å². The highest BCUT2D eigenvalue weighted by molar-refractivity contribution is 5.96. The number of rotatable bonds is 5. The summed E-state index contributed by atoms with van der Waals surface area (Å²) in [4.78, 5) is 36.6. The van der Waals surface area contributed by atoms with Crippen LogP contribution in [0, 0.1) is 6.92 Å². The summed E-state index contributed by atoms with van der Waals surface area (Å²) in [6, 6.07) is 2.91. The number of ether oxygens (including phenoxy) is 1. The molecule has 0 saturated heterocycles. The predicted molar refractivity (Wildman–Crippen MR) is 92.9 cm³/mol. The molecule has 0 bridgehead atoms. The summed E-state index contributed by atoms with van der Waals surface area (Å²) < 4.78 is 10.1. The zero-order valence-electron chi connectivity index (χ0n) is 14.7. The molecule has 1 heterocycles. The minimum Gasteiger partial charge on any atom is -0.506 e. The van der Waals surface area contributed by atoms with Crippen molar-refractivity contribution in [2.75, 3.05) is 18.6 Å². The van der Waals surface area contributed by atoms with E-state index in [0.717, 1.165) is 0 Å². The second kappa shape index (κ2) is 7.38. The molecule has 1 amide bonds. The maximum absolute atomic E-state index is 12.2. The number of fused-ring (bicyclic) bond motifs is 1. The van der Waals surface area contributed by atoms with Gasteiger partial charge in [0.15, 0.2) is 0 Å². The molecule has 0 spiro atoms. The Morgan fingerprint density at radius 3 is 2.60 bits per heavy atom. The minimum atomic E-state index is -0.554. The molecule has 0 unspecified atom stereocenters. The molecule has 0 fully saturated rings. The van der Waals surface area contributed by atoms with Crippen LogP contribution >= 0.6 is 0 Å². The Bertz CT molecular complexity index is 883. The summed E-state index contributed by atoms with van der Waals surface area (Å²) >= 11 is 0. The van der Waals surface area contributed by atoms with Gasteiger partial charge in [-0.25, -0.2) is 4.79 Å². The van der Waals surface area contributed by atoms with Crippen molar-refractivity contribution >= 4 is 28.5 Å². The molecule has 0 saturated carbocycles. The first-order chi connectivity index (χ1) is 11.8. The van der Waals surface area contributed by atoms with Crippen molar-refractivity contribution in [3.63, 3.8) is 0 Å². The third-order valence-electron chi connectivity index (χ3n) is 4.10. The first kappa shape index (κ1) is 18.5. The van der Waals surface area contributed by atoms with E-state index in [1.165, 1.54) is 17.9 Å². The van der Waals surface area contributed by atoms with Crippen LogP contribution in [0.5, 0.6) is 5.75 Å². The first-order valence-electron chi connectivity index (χ1n) is 7.95. The van der Waals surface area contributed by atoms with Gasteiger partial charge in [0, 0.05) is 37.4 Å². The Morgan fingerprint density at radius 2 is 2.00 bits per heavy atom. The monoisotopic (exact) mass is 347 g/mol. The number of aromatic hydroxyl groups is 1. The van der Waals surface area contributed by atoms with Crippen LogP contribution in [0.2, 0.25) is 0 Å². The molecule has 1 N–H and O–H groups in total. The highest BCUT2D eigenvalue weighted by atomic mass is 16.5. The molecule has 0 aliphatic rings. The van der Waals surface area contributed by atoms with Crippen LogP contribution in [0.25, 0.3) is 11.0 Å². The van der Waals surface area contributed by atoms with Crippen molar-refractivity contribution in [3.05, 3.63) is 33.7 Å². The SMILES string of the molecule is CCOC(=O)CCc1c(C)c2cc(N(C)C(C)=O)c(O)cc2oc1=O. The number of amides is 1. The van der Waals surface area contributed by atoms with Gasteiger partial charge in [0.25, 0.3) is 0 Å². The second-order valence-electron chi connectivity index (χ2n) is 5.71. The van der Waals surface area contributed by atoms with Crippen LogP contribution in [0.4, 0.5) is 5.69 Å². The average Bonchev–Trinajstić information content (AvgIpc) is 2.53. The quantitative estimate of drug-likeness (QED) is 0.658. The molecule has 7 heteroatoms. The van der Waals surface area contributed by atoms with E-state index < -0.39 is 5.63 Å². The lowest BCUT2D eigenvalue weighted by Gasteiger charge is -2.18. The summed E-state index contributed by atoms with van der Waals surface area (Å²) in [6.07, 6.45) is 0.269. The highest BCUT2D eigenvalue weighted by Crippen LogP contribution is 2.33. The van der Waals surface area contributed by atoms with Gasteiger partial charge in [0.05, 0.1) is 12.3 Å². The molecule has 1 aromatic heterocycles. The van der Waals surface area contributed by atoms with Gasteiger partial charge >= 0.3 is 11.6 Å². The Kier molecular flexibility index (Phi) is 5.46. The third kappa shape index (κ3) is 3.81. The van der Waals surface area contributed by atoms with Gasteiger partial charge in [-0.2, -0.15) is 0 Å². The van der Waals surface area contributed by atoms with Crippen molar-refractivity contribution in [2.24, 2.45) is 0 Å². The summed E-state index contributed by atoms with van der Waals surface area (Å²) in [6.45, 7) is 5.12. The summed E-state index contributed by atoms with van der Waals surface area (Å²) in [7, 11) is 1.54. The Balaban J connectivity index is 2.52. The number of aryl methyl sites for hydroxylation is 1. The molecule has 0 radical (unpaired) electrons. The summed E-state index contributed by atoms with van der Waals surface area (Å²) in [5.74, 6) is -0.789. The van der Waals surface area contributed by atoms with Gasteiger partial charge in [0.2, 0.25) is 5.91 Å². The van der Waals surface area contributed by atoms with E-state index in [-0.39, 0.29) is 42.7 Å². The van der Waals surface area contributed by atoms with Gasteiger partial charge in [-0.05, 0) is 31.9 Å². The standard InChI is InChI=1S/C18H21NO6/c1-5-24-17(22)7-6-12-10(2)13-8-14(19(4)11(3)20)15(21)9-16(13)25-18(12)23/h8-9,21H,5-7H2,1-4H3. The minimum absolute atomic E-state index is 0.0727. The number of benzene rings is 1. The number of esters is 1. The fourth-order valence-corrected chi connectivity index (χ4v) is 2.60. The van der Waals surface area contributed by atoms with E-state index in [0.29, 0.717) is 22.2 Å². The molecule has 0 aliphatic heterocycles. The Morgan fingerprint density at radius 1 is 1.32 bits per heavy atom. The van der Waals surface area contributed by atoms with Gasteiger partial charge < -0.3 is 19.2 Å². The fraction of sp³-hybridized carbons (Fsp3) is 0.389. The molecule has 0 atom stereocenters. The number of carbonyl (C=O) groups is 2. The third-order valence-corrected chi connectivity index (χ3v) is 4.10. The maximum atomic E-state index is 12.2. The molecule has 1 aromatic carbocycles. The largest absolute Gasteiger partial charge is 0.506 e. The predicted octanol–water partition coefficient (Wildman–Crippen LogP) is 2.29. The van der Waals surface area contributed by atoms with Crippen LogP contribution in [0.3, 0.4) is 0 Å². The van der Waals surface area contributed by atoms with Gasteiger partial charge in [0.1, 0.15) is 11.3 Å². The molecular weight excluding hydrogens is 326 g/mol. The smallest absolute Gasteiger partial charge is 0.339 e. The van der Waals surface area contributed by atoms with Crippen LogP contribution in [0.15, 0.2) is 21.3 Å². The molecule has 0 aliphatic carbocycles.